The highest BCUT2D eigenvalue weighted by molar-refractivity contribution is 6.16. The van der Waals surface area contributed by atoms with Gasteiger partial charge in [0.05, 0.1) is 11.6 Å². The van der Waals surface area contributed by atoms with Crippen molar-refractivity contribution in [2.75, 3.05) is 11.9 Å². The highest BCUT2D eigenvalue weighted by Crippen LogP contribution is 2.16. The number of alkyl halides is 1. The van der Waals surface area contributed by atoms with Gasteiger partial charge in [-0.05, 0) is 17.7 Å². The quantitative estimate of drug-likeness (QED) is 0.785. The van der Waals surface area contributed by atoms with Gasteiger partial charge in [-0.2, -0.15) is 4.98 Å². The second-order valence-electron chi connectivity index (χ2n) is 3.74. The fraction of sp³-hybridized carbons (Fsp3) is 0.250. The van der Waals surface area contributed by atoms with Crippen molar-refractivity contribution in [1.29, 1.82) is 0 Å². The van der Waals surface area contributed by atoms with Crippen LogP contribution in [0.2, 0.25) is 0 Å². The molecule has 0 unspecified atom stereocenters. The first-order valence-electron chi connectivity index (χ1n) is 5.15. The standard InChI is InChI=1S/C12H12ClFN2O/c1-16(12-15-11(6-13)8-17-12)7-9-3-2-4-10(14)5-9/h2-5,8H,6-7H2,1H3. The number of oxazole rings is 1. The number of nitrogens with zero attached hydrogens (tertiary/aromatic N) is 2. The SMILES string of the molecule is CN(Cc1cccc(F)c1)c1nc(CCl)co1. The van der Waals surface area contributed by atoms with Gasteiger partial charge in [0.2, 0.25) is 0 Å². The first-order valence-corrected chi connectivity index (χ1v) is 5.68. The summed E-state index contributed by atoms with van der Waals surface area (Å²) in [5, 5.41) is 0. The largest absolute Gasteiger partial charge is 0.432 e. The Balaban J connectivity index is 2.08. The minimum Gasteiger partial charge on any atom is -0.432 e. The average molecular weight is 255 g/mol. The van der Waals surface area contributed by atoms with Crippen molar-refractivity contribution < 1.29 is 8.81 Å². The molecule has 0 aliphatic rings. The Morgan fingerprint density at radius 3 is 2.94 bits per heavy atom. The summed E-state index contributed by atoms with van der Waals surface area (Å²) >= 11 is 5.64. The van der Waals surface area contributed by atoms with Crippen molar-refractivity contribution in [2.45, 2.75) is 12.4 Å². The fourth-order valence-electron chi connectivity index (χ4n) is 1.51. The van der Waals surface area contributed by atoms with E-state index in [4.69, 9.17) is 16.0 Å². The zero-order chi connectivity index (χ0) is 12.3. The molecule has 0 bridgehead atoms. The van der Waals surface area contributed by atoms with Gasteiger partial charge < -0.3 is 9.32 Å². The molecule has 2 aromatic rings. The van der Waals surface area contributed by atoms with E-state index in [0.29, 0.717) is 24.1 Å². The molecule has 0 saturated carbocycles. The van der Waals surface area contributed by atoms with Crippen LogP contribution in [-0.4, -0.2) is 12.0 Å². The third-order valence-electron chi connectivity index (χ3n) is 2.31. The summed E-state index contributed by atoms with van der Waals surface area (Å²) < 4.78 is 18.3. The molecule has 0 spiro atoms. The zero-order valence-electron chi connectivity index (χ0n) is 9.36. The van der Waals surface area contributed by atoms with Gasteiger partial charge in [0.25, 0.3) is 6.01 Å². The summed E-state index contributed by atoms with van der Waals surface area (Å²) in [6.07, 6.45) is 1.52. The molecule has 1 aromatic heterocycles. The van der Waals surface area contributed by atoms with E-state index in [9.17, 15) is 4.39 Å². The zero-order valence-corrected chi connectivity index (χ0v) is 10.1. The summed E-state index contributed by atoms with van der Waals surface area (Å²) in [6, 6.07) is 6.91. The molecule has 5 heteroatoms. The lowest BCUT2D eigenvalue weighted by Gasteiger charge is -2.14. The Morgan fingerprint density at radius 2 is 2.29 bits per heavy atom. The number of aromatic nitrogens is 1. The van der Waals surface area contributed by atoms with Crippen LogP contribution in [0.15, 0.2) is 34.9 Å². The maximum absolute atomic E-state index is 13.0. The maximum Gasteiger partial charge on any atom is 0.297 e. The molecule has 0 N–H and O–H groups in total. The molecule has 0 fully saturated rings. The van der Waals surface area contributed by atoms with E-state index < -0.39 is 0 Å². The third kappa shape index (κ3) is 2.97. The van der Waals surface area contributed by atoms with Gasteiger partial charge in [0, 0.05) is 13.6 Å². The van der Waals surface area contributed by atoms with Crippen LogP contribution in [0, 0.1) is 5.82 Å². The van der Waals surface area contributed by atoms with Crippen LogP contribution < -0.4 is 4.90 Å². The van der Waals surface area contributed by atoms with Gasteiger partial charge in [-0.25, -0.2) is 4.39 Å². The number of anilines is 1. The predicted molar refractivity (Wildman–Crippen MR) is 64.6 cm³/mol. The van der Waals surface area contributed by atoms with E-state index in [1.54, 1.807) is 11.0 Å². The number of hydrogen-bond acceptors (Lipinski definition) is 3. The van der Waals surface area contributed by atoms with E-state index in [-0.39, 0.29) is 5.82 Å². The van der Waals surface area contributed by atoms with Crippen molar-refractivity contribution in [3.8, 4) is 0 Å². The molecule has 0 saturated heterocycles. The minimum absolute atomic E-state index is 0.246. The van der Waals surface area contributed by atoms with Crippen LogP contribution in [-0.2, 0) is 12.4 Å². The molecule has 90 valence electrons. The summed E-state index contributed by atoms with van der Waals surface area (Å²) in [4.78, 5) is 5.98. The summed E-state index contributed by atoms with van der Waals surface area (Å²) in [7, 11) is 1.83. The van der Waals surface area contributed by atoms with Gasteiger partial charge in [-0.1, -0.05) is 12.1 Å². The molecule has 0 amide bonds. The van der Waals surface area contributed by atoms with E-state index in [1.165, 1.54) is 18.4 Å². The van der Waals surface area contributed by atoms with Gasteiger partial charge in [0.1, 0.15) is 12.1 Å². The van der Waals surface area contributed by atoms with Crippen molar-refractivity contribution in [3.05, 3.63) is 47.6 Å². The van der Waals surface area contributed by atoms with Crippen LogP contribution >= 0.6 is 11.6 Å². The smallest absolute Gasteiger partial charge is 0.297 e. The summed E-state index contributed by atoms with van der Waals surface area (Å²) in [6.45, 7) is 0.528. The normalized spacial score (nSPS) is 10.5. The second-order valence-corrected chi connectivity index (χ2v) is 4.01. The fourth-order valence-corrected chi connectivity index (χ4v) is 1.63. The lowest BCUT2D eigenvalue weighted by molar-refractivity contribution is 0.543. The molecule has 3 nitrogen and oxygen atoms in total. The predicted octanol–water partition coefficient (Wildman–Crippen LogP) is 3.19. The molecular formula is C12H12ClFN2O. The van der Waals surface area contributed by atoms with E-state index >= 15 is 0 Å². The molecular weight excluding hydrogens is 243 g/mol. The van der Waals surface area contributed by atoms with Crippen LogP contribution in [0.3, 0.4) is 0 Å². The lowest BCUT2D eigenvalue weighted by atomic mass is 10.2. The first-order chi connectivity index (χ1) is 8.19. The average Bonchev–Trinajstić information content (AvgIpc) is 2.77. The van der Waals surface area contributed by atoms with Crippen molar-refractivity contribution in [3.63, 3.8) is 0 Å². The van der Waals surface area contributed by atoms with Gasteiger partial charge >= 0.3 is 0 Å². The van der Waals surface area contributed by atoms with E-state index in [0.717, 1.165) is 5.56 Å². The van der Waals surface area contributed by atoms with Crippen LogP contribution in [0.1, 0.15) is 11.3 Å². The molecule has 0 atom stereocenters. The molecule has 1 aromatic carbocycles. The molecule has 0 aliphatic carbocycles. The van der Waals surface area contributed by atoms with Gasteiger partial charge in [-0.15, -0.1) is 11.6 Å². The van der Waals surface area contributed by atoms with Crippen molar-refractivity contribution in [1.82, 2.24) is 4.98 Å². The minimum atomic E-state index is -0.246. The second kappa shape index (κ2) is 5.19. The molecule has 0 radical (unpaired) electrons. The number of benzene rings is 1. The Hall–Kier alpha value is -1.55. The number of halogens is 2. The van der Waals surface area contributed by atoms with Crippen LogP contribution in [0.4, 0.5) is 10.4 Å². The third-order valence-corrected chi connectivity index (χ3v) is 2.59. The van der Waals surface area contributed by atoms with E-state index in [2.05, 4.69) is 4.98 Å². The summed E-state index contributed by atoms with van der Waals surface area (Å²) in [5.74, 6) is 0.0712. The lowest BCUT2D eigenvalue weighted by Crippen LogP contribution is -2.16. The maximum atomic E-state index is 13.0. The molecule has 17 heavy (non-hydrogen) atoms. The number of rotatable bonds is 4. The van der Waals surface area contributed by atoms with Crippen LogP contribution in [0.25, 0.3) is 0 Å². The Kier molecular flexibility index (Phi) is 3.64. The van der Waals surface area contributed by atoms with Crippen molar-refractivity contribution >= 4 is 17.6 Å². The Labute approximate surface area is 104 Å². The van der Waals surface area contributed by atoms with E-state index in [1.807, 2.05) is 13.1 Å². The highest BCUT2D eigenvalue weighted by atomic mass is 35.5. The Morgan fingerprint density at radius 1 is 1.47 bits per heavy atom. The number of hydrogen-bond donors (Lipinski definition) is 0. The first kappa shape index (κ1) is 11.9. The Bertz CT molecular complexity index is 501. The van der Waals surface area contributed by atoms with Gasteiger partial charge in [-0.3, -0.25) is 0 Å². The molecule has 2 rings (SSSR count). The van der Waals surface area contributed by atoms with Crippen molar-refractivity contribution in [2.24, 2.45) is 0 Å². The van der Waals surface area contributed by atoms with Crippen LogP contribution in [0.5, 0.6) is 0 Å². The summed E-state index contributed by atoms with van der Waals surface area (Å²) in [5.41, 5.74) is 1.55. The molecule has 0 aliphatic heterocycles. The topological polar surface area (TPSA) is 29.3 Å². The monoisotopic (exact) mass is 254 g/mol. The molecule has 1 heterocycles. The highest BCUT2D eigenvalue weighted by Gasteiger charge is 2.09. The van der Waals surface area contributed by atoms with Gasteiger partial charge in [0.15, 0.2) is 0 Å².